The third kappa shape index (κ3) is 4.81. The van der Waals surface area contributed by atoms with Crippen LogP contribution in [0.15, 0.2) is 48.5 Å². The second kappa shape index (κ2) is 8.08. The van der Waals surface area contributed by atoms with Crippen molar-refractivity contribution >= 4 is 17.3 Å². The van der Waals surface area contributed by atoms with E-state index in [1.807, 2.05) is 12.1 Å². The molecule has 0 aromatic heterocycles. The van der Waals surface area contributed by atoms with Crippen LogP contribution in [0.1, 0.15) is 36.5 Å². The van der Waals surface area contributed by atoms with Crippen molar-refractivity contribution in [1.82, 2.24) is 0 Å². The number of ether oxygens (including phenoxy) is 1. The fraction of sp³-hybridized carbons (Fsp3) is 0.278. The summed E-state index contributed by atoms with van der Waals surface area (Å²) in [4.78, 5) is 12.1. The summed E-state index contributed by atoms with van der Waals surface area (Å²) in [7, 11) is 0. The van der Waals surface area contributed by atoms with Crippen molar-refractivity contribution in [2.24, 2.45) is 0 Å². The van der Waals surface area contributed by atoms with E-state index in [2.05, 4.69) is 12.2 Å². The number of hydrogen-bond acceptors (Lipinski definition) is 3. The predicted molar refractivity (Wildman–Crippen MR) is 90.3 cm³/mol. The van der Waals surface area contributed by atoms with E-state index in [9.17, 15) is 4.79 Å². The summed E-state index contributed by atoms with van der Waals surface area (Å²) in [6, 6.07) is 14.3. The zero-order chi connectivity index (χ0) is 15.8. The molecule has 0 saturated carbocycles. The maximum Gasteiger partial charge on any atom is 0.255 e. The van der Waals surface area contributed by atoms with Crippen molar-refractivity contribution in [3.63, 3.8) is 0 Å². The van der Waals surface area contributed by atoms with Gasteiger partial charge in [0.25, 0.3) is 5.91 Å². The molecule has 0 fully saturated rings. The molecular formula is C18H22N2O2. The van der Waals surface area contributed by atoms with Gasteiger partial charge in [-0.25, -0.2) is 0 Å². The molecule has 0 aliphatic heterocycles. The Labute approximate surface area is 131 Å². The largest absolute Gasteiger partial charge is 0.494 e. The lowest BCUT2D eigenvalue weighted by atomic mass is 10.2. The Morgan fingerprint density at radius 3 is 2.59 bits per heavy atom. The van der Waals surface area contributed by atoms with Crippen LogP contribution in [0, 0.1) is 0 Å². The normalized spacial score (nSPS) is 10.2. The van der Waals surface area contributed by atoms with Crippen LogP contribution in [0.2, 0.25) is 0 Å². The standard InChI is InChI=1S/C18H22N2O2/c1-2-3-4-12-22-17-10-8-14(9-11-17)18(21)20-16-7-5-6-15(19)13-16/h5-11,13H,2-4,12,19H2,1H3,(H,20,21). The summed E-state index contributed by atoms with van der Waals surface area (Å²) in [5.41, 5.74) is 7.58. The Kier molecular flexibility index (Phi) is 5.83. The van der Waals surface area contributed by atoms with E-state index in [0.717, 1.165) is 12.2 Å². The molecule has 0 aliphatic rings. The third-order valence-electron chi connectivity index (χ3n) is 3.28. The highest BCUT2D eigenvalue weighted by Crippen LogP contribution is 2.16. The average molecular weight is 298 g/mol. The van der Waals surface area contributed by atoms with Gasteiger partial charge >= 0.3 is 0 Å². The van der Waals surface area contributed by atoms with Gasteiger partial charge in [0.05, 0.1) is 6.61 Å². The lowest BCUT2D eigenvalue weighted by molar-refractivity contribution is 0.102. The molecule has 0 spiro atoms. The molecule has 2 rings (SSSR count). The first-order valence-corrected chi connectivity index (χ1v) is 7.59. The molecule has 0 saturated heterocycles. The number of anilines is 2. The van der Waals surface area contributed by atoms with Crippen LogP contribution in [-0.4, -0.2) is 12.5 Å². The Bertz CT molecular complexity index is 609. The maximum absolute atomic E-state index is 12.1. The van der Waals surface area contributed by atoms with Gasteiger partial charge in [0.2, 0.25) is 0 Å². The topological polar surface area (TPSA) is 64.3 Å². The van der Waals surface area contributed by atoms with Crippen molar-refractivity contribution in [3.8, 4) is 5.75 Å². The number of benzene rings is 2. The van der Waals surface area contributed by atoms with Gasteiger partial charge in [-0.15, -0.1) is 0 Å². The number of nitrogens with two attached hydrogens (primary N) is 1. The Hall–Kier alpha value is -2.49. The van der Waals surface area contributed by atoms with Crippen LogP contribution in [0.3, 0.4) is 0 Å². The molecule has 4 heteroatoms. The van der Waals surface area contributed by atoms with E-state index >= 15 is 0 Å². The molecule has 4 nitrogen and oxygen atoms in total. The van der Waals surface area contributed by atoms with Crippen LogP contribution in [0.4, 0.5) is 11.4 Å². The minimum atomic E-state index is -0.164. The maximum atomic E-state index is 12.1. The number of nitrogen functional groups attached to an aromatic ring is 1. The van der Waals surface area contributed by atoms with Crippen molar-refractivity contribution < 1.29 is 9.53 Å². The number of amides is 1. The van der Waals surface area contributed by atoms with E-state index in [0.29, 0.717) is 23.5 Å². The van der Waals surface area contributed by atoms with Gasteiger partial charge in [-0.2, -0.15) is 0 Å². The smallest absolute Gasteiger partial charge is 0.255 e. The van der Waals surface area contributed by atoms with Crippen LogP contribution in [-0.2, 0) is 0 Å². The Morgan fingerprint density at radius 1 is 1.14 bits per heavy atom. The molecule has 3 N–H and O–H groups in total. The molecule has 116 valence electrons. The Morgan fingerprint density at radius 2 is 1.91 bits per heavy atom. The average Bonchev–Trinajstić information content (AvgIpc) is 2.52. The summed E-state index contributed by atoms with van der Waals surface area (Å²) in [5, 5.41) is 2.82. The number of carbonyl (C=O) groups excluding carboxylic acids is 1. The minimum Gasteiger partial charge on any atom is -0.494 e. The fourth-order valence-corrected chi connectivity index (χ4v) is 2.06. The molecule has 0 aliphatic carbocycles. The molecule has 0 atom stereocenters. The zero-order valence-corrected chi connectivity index (χ0v) is 12.8. The van der Waals surface area contributed by atoms with Crippen molar-refractivity contribution in [2.75, 3.05) is 17.7 Å². The lowest BCUT2D eigenvalue weighted by Crippen LogP contribution is -2.11. The first-order valence-electron chi connectivity index (χ1n) is 7.59. The highest BCUT2D eigenvalue weighted by Gasteiger charge is 2.06. The number of unbranched alkanes of at least 4 members (excludes halogenated alkanes) is 2. The van der Waals surface area contributed by atoms with E-state index in [1.54, 1.807) is 36.4 Å². The number of rotatable bonds is 7. The summed E-state index contributed by atoms with van der Waals surface area (Å²) in [5.74, 6) is 0.625. The summed E-state index contributed by atoms with van der Waals surface area (Å²) in [6.07, 6.45) is 3.39. The van der Waals surface area contributed by atoms with Crippen molar-refractivity contribution in [2.45, 2.75) is 26.2 Å². The molecule has 22 heavy (non-hydrogen) atoms. The van der Waals surface area contributed by atoms with E-state index in [-0.39, 0.29) is 5.91 Å². The number of nitrogens with one attached hydrogen (secondary N) is 1. The second-order valence-electron chi connectivity index (χ2n) is 5.16. The van der Waals surface area contributed by atoms with Gasteiger partial charge in [-0.1, -0.05) is 25.8 Å². The van der Waals surface area contributed by atoms with Crippen LogP contribution < -0.4 is 15.8 Å². The number of hydrogen-bond donors (Lipinski definition) is 2. The fourth-order valence-electron chi connectivity index (χ4n) is 2.06. The second-order valence-corrected chi connectivity index (χ2v) is 5.16. The van der Waals surface area contributed by atoms with Gasteiger partial charge in [0.15, 0.2) is 0 Å². The molecule has 2 aromatic carbocycles. The minimum absolute atomic E-state index is 0.164. The summed E-state index contributed by atoms with van der Waals surface area (Å²) in [6.45, 7) is 2.87. The molecule has 2 aromatic rings. The van der Waals surface area contributed by atoms with Crippen molar-refractivity contribution in [1.29, 1.82) is 0 Å². The van der Waals surface area contributed by atoms with Crippen LogP contribution in [0.5, 0.6) is 5.75 Å². The quantitative estimate of drug-likeness (QED) is 0.597. The molecule has 0 heterocycles. The van der Waals surface area contributed by atoms with Gasteiger partial charge in [0, 0.05) is 16.9 Å². The van der Waals surface area contributed by atoms with E-state index in [1.165, 1.54) is 12.8 Å². The van der Waals surface area contributed by atoms with Crippen LogP contribution >= 0.6 is 0 Å². The molecule has 0 bridgehead atoms. The van der Waals surface area contributed by atoms with Gasteiger partial charge in [-0.3, -0.25) is 4.79 Å². The first kappa shape index (κ1) is 15.9. The number of carbonyl (C=O) groups is 1. The Balaban J connectivity index is 1.90. The first-order chi connectivity index (χ1) is 10.7. The van der Waals surface area contributed by atoms with Crippen LogP contribution in [0.25, 0.3) is 0 Å². The van der Waals surface area contributed by atoms with Gasteiger partial charge < -0.3 is 15.8 Å². The highest BCUT2D eigenvalue weighted by atomic mass is 16.5. The van der Waals surface area contributed by atoms with Gasteiger partial charge in [0.1, 0.15) is 5.75 Å². The molecular weight excluding hydrogens is 276 g/mol. The molecule has 0 unspecified atom stereocenters. The van der Waals surface area contributed by atoms with Crippen molar-refractivity contribution in [3.05, 3.63) is 54.1 Å². The van der Waals surface area contributed by atoms with Gasteiger partial charge in [-0.05, 0) is 48.9 Å². The highest BCUT2D eigenvalue weighted by molar-refractivity contribution is 6.04. The zero-order valence-electron chi connectivity index (χ0n) is 12.8. The van der Waals surface area contributed by atoms with E-state index in [4.69, 9.17) is 10.5 Å². The SMILES string of the molecule is CCCCCOc1ccc(C(=O)Nc2cccc(N)c2)cc1. The predicted octanol–water partition coefficient (Wildman–Crippen LogP) is 4.09. The summed E-state index contributed by atoms with van der Waals surface area (Å²) >= 11 is 0. The third-order valence-corrected chi connectivity index (χ3v) is 3.28. The molecule has 1 amide bonds. The lowest BCUT2D eigenvalue weighted by Gasteiger charge is -2.08. The molecule has 0 radical (unpaired) electrons. The monoisotopic (exact) mass is 298 g/mol. The summed E-state index contributed by atoms with van der Waals surface area (Å²) < 4.78 is 5.63. The van der Waals surface area contributed by atoms with E-state index < -0.39 is 0 Å².